The zero-order valence-electron chi connectivity index (χ0n) is 18.1. The van der Waals surface area contributed by atoms with Crippen molar-refractivity contribution in [3.63, 3.8) is 0 Å². The van der Waals surface area contributed by atoms with Crippen LogP contribution in [-0.4, -0.2) is 16.8 Å². The topological polar surface area (TPSA) is 80.3 Å². The van der Waals surface area contributed by atoms with E-state index in [4.69, 9.17) is 16.3 Å². The first-order valence-electron chi connectivity index (χ1n) is 10.2. The first-order chi connectivity index (χ1) is 16.6. The number of benzene rings is 3. The van der Waals surface area contributed by atoms with E-state index in [-0.39, 0.29) is 17.2 Å². The normalized spacial score (nSPS) is 11.2. The predicted octanol–water partition coefficient (Wildman–Crippen LogP) is 6.91. The Labute approximate surface area is 202 Å². The molecular weight excluding hydrogens is 483 g/mol. The van der Waals surface area contributed by atoms with Crippen LogP contribution in [0.5, 0.6) is 11.5 Å². The monoisotopic (exact) mass is 499 g/mol. The van der Waals surface area contributed by atoms with Gasteiger partial charge >= 0.3 is 6.18 Å². The van der Waals surface area contributed by atoms with Crippen LogP contribution in [0.1, 0.15) is 22.8 Å². The summed E-state index contributed by atoms with van der Waals surface area (Å²) in [5.41, 5.74) is -0.818. The van der Waals surface area contributed by atoms with Gasteiger partial charge in [-0.05, 0) is 59.3 Å². The largest absolute Gasteiger partial charge is 0.457 e. The molecule has 1 heterocycles. The number of nitrogens with one attached hydrogen (secondary N) is 2. The number of anilines is 2. The fraction of sp³-hybridized carbons (Fsp3) is 0.0800. The number of alkyl halides is 3. The van der Waals surface area contributed by atoms with Crippen LogP contribution >= 0.6 is 11.6 Å². The minimum absolute atomic E-state index is 0.0310. The number of hydrogen-bond donors (Lipinski definition) is 2. The third kappa shape index (κ3) is 5.88. The Bertz CT molecular complexity index is 1440. The summed E-state index contributed by atoms with van der Waals surface area (Å²) in [7, 11) is 0. The summed E-state index contributed by atoms with van der Waals surface area (Å²) in [6.45, 7) is 1.37. The van der Waals surface area contributed by atoms with Crippen LogP contribution in [0.2, 0.25) is 5.02 Å². The summed E-state index contributed by atoms with van der Waals surface area (Å²) in [6, 6.07) is 16.5. The maximum atomic E-state index is 13.1. The number of fused-ring (bicyclic) bond motifs is 1. The lowest BCUT2D eigenvalue weighted by Crippen LogP contribution is -2.13. The van der Waals surface area contributed by atoms with Crippen LogP contribution < -0.4 is 15.4 Å². The molecule has 0 saturated heterocycles. The van der Waals surface area contributed by atoms with E-state index in [9.17, 15) is 22.8 Å². The van der Waals surface area contributed by atoms with E-state index in [2.05, 4.69) is 15.6 Å². The molecule has 0 unspecified atom stereocenters. The Balaban J connectivity index is 1.55. The number of aromatic nitrogens is 1. The number of ether oxygens (including phenoxy) is 1. The smallest absolute Gasteiger partial charge is 0.417 e. The molecule has 6 nitrogen and oxygen atoms in total. The van der Waals surface area contributed by atoms with Crippen molar-refractivity contribution in [2.45, 2.75) is 13.1 Å². The molecule has 0 fully saturated rings. The van der Waals surface area contributed by atoms with Crippen LogP contribution in [0.15, 0.2) is 72.9 Å². The molecule has 0 radical (unpaired) electrons. The highest BCUT2D eigenvalue weighted by molar-refractivity contribution is 6.31. The third-order valence-corrected chi connectivity index (χ3v) is 5.20. The molecule has 2 N–H and O–H groups in total. The molecule has 1 aromatic heterocycles. The van der Waals surface area contributed by atoms with E-state index in [1.54, 1.807) is 48.5 Å². The summed E-state index contributed by atoms with van der Waals surface area (Å²) < 4.78 is 45.2. The van der Waals surface area contributed by atoms with Gasteiger partial charge in [0.2, 0.25) is 5.91 Å². The van der Waals surface area contributed by atoms with Gasteiger partial charge in [0.25, 0.3) is 5.91 Å². The second kappa shape index (κ2) is 9.63. The molecule has 4 aromatic rings. The summed E-state index contributed by atoms with van der Waals surface area (Å²) in [5, 5.41) is 6.09. The molecule has 4 rings (SSSR count). The lowest BCUT2D eigenvalue weighted by molar-refractivity contribution is -0.137. The molecule has 0 spiro atoms. The molecule has 2 amide bonds. The third-order valence-electron chi connectivity index (χ3n) is 4.87. The molecule has 0 aliphatic rings. The van der Waals surface area contributed by atoms with Crippen LogP contribution in [0, 0.1) is 0 Å². The number of pyridine rings is 1. The Morgan fingerprint density at radius 3 is 2.37 bits per heavy atom. The highest BCUT2D eigenvalue weighted by atomic mass is 35.5. The summed E-state index contributed by atoms with van der Waals surface area (Å²) in [6.07, 6.45) is -3.15. The number of carbonyl (C=O) groups is 2. The van der Waals surface area contributed by atoms with Gasteiger partial charge in [-0.2, -0.15) is 13.2 Å². The SMILES string of the molecule is CC(=O)Nc1cc(Oc2ccc3ccc(C(=O)Nc4ccc(Cl)c(C(F)(F)F)c4)cc3c2)ccn1. The average Bonchev–Trinajstić information content (AvgIpc) is 2.79. The summed E-state index contributed by atoms with van der Waals surface area (Å²) >= 11 is 5.64. The zero-order valence-corrected chi connectivity index (χ0v) is 18.9. The highest BCUT2D eigenvalue weighted by Crippen LogP contribution is 2.36. The van der Waals surface area contributed by atoms with Gasteiger partial charge in [-0.3, -0.25) is 9.59 Å². The Hall–Kier alpha value is -4.11. The first kappa shape index (κ1) is 24.0. The fourth-order valence-electron chi connectivity index (χ4n) is 3.31. The van der Waals surface area contributed by atoms with Crippen molar-refractivity contribution in [2.24, 2.45) is 0 Å². The lowest BCUT2D eigenvalue weighted by Gasteiger charge is -2.12. The highest BCUT2D eigenvalue weighted by Gasteiger charge is 2.33. The molecule has 0 atom stereocenters. The van der Waals surface area contributed by atoms with Crippen LogP contribution in [0.3, 0.4) is 0 Å². The maximum absolute atomic E-state index is 13.1. The molecule has 178 valence electrons. The van der Waals surface area contributed by atoms with Crippen molar-refractivity contribution in [1.82, 2.24) is 4.98 Å². The van der Waals surface area contributed by atoms with Crippen LogP contribution in [0.4, 0.5) is 24.7 Å². The fourth-order valence-corrected chi connectivity index (χ4v) is 3.54. The molecule has 35 heavy (non-hydrogen) atoms. The predicted molar refractivity (Wildman–Crippen MR) is 127 cm³/mol. The van der Waals surface area contributed by atoms with Gasteiger partial charge in [-0.1, -0.05) is 23.7 Å². The van der Waals surface area contributed by atoms with Crippen molar-refractivity contribution in [3.05, 3.63) is 89.1 Å². The number of carbonyl (C=O) groups excluding carboxylic acids is 2. The summed E-state index contributed by atoms with van der Waals surface area (Å²) in [4.78, 5) is 28.0. The lowest BCUT2D eigenvalue weighted by atomic mass is 10.1. The molecule has 3 aromatic carbocycles. The first-order valence-corrected chi connectivity index (χ1v) is 10.6. The number of hydrogen-bond acceptors (Lipinski definition) is 4. The Morgan fingerprint density at radius 2 is 1.63 bits per heavy atom. The van der Waals surface area contributed by atoms with Gasteiger partial charge in [0.1, 0.15) is 17.3 Å². The van der Waals surface area contributed by atoms with E-state index in [1.807, 2.05) is 0 Å². The van der Waals surface area contributed by atoms with Gasteiger partial charge in [0.05, 0.1) is 10.6 Å². The van der Waals surface area contributed by atoms with Crippen molar-refractivity contribution in [1.29, 1.82) is 0 Å². The van der Waals surface area contributed by atoms with Crippen molar-refractivity contribution in [3.8, 4) is 11.5 Å². The number of rotatable bonds is 5. The second-order valence-electron chi connectivity index (χ2n) is 7.53. The van der Waals surface area contributed by atoms with Gasteiger partial charge in [-0.15, -0.1) is 0 Å². The maximum Gasteiger partial charge on any atom is 0.417 e. The molecule has 0 aliphatic carbocycles. The van der Waals surface area contributed by atoms with Crippen molar-refractivity contribution in [2.75, 3.05) is 10.6 Å². The quantitative estimate of drug-likeness (QED) is 0.312. The van der Waals surface area contributed by atoms with E-state index >= 15 is 0 Å². The minimum atomic E-state index is -4.64. The van der Waals surface area contributed by atoms with Crippen LogP contribution in [-0.2, 0) is 11.0 Å². The van der Waals surface area contributed by atoms with E-state index < -0.39 is 22.7 Å². The molecule has 0 aliphatic heterocycles. The zero-order chi connectivity index (χ0) is 25.2. The standard InChI is InChI=1S/C25H17ClF3N3O3/c1-14(33)31-23-13-20(8-9-30-23)35-19-6-4-15-2-3-16(10-17(15)11-19)24(34)32-18-5-7-22(26)21(12-18)25(27,28)29/h2-13H,1H3,(H,32,34)(H,30,31,33). The van der Waals surface area contributed by atoms with Gasteiger partial charge < -0.3 is 15.4 Å². The van der Waals surface area contributed by atoms with Gasteiger partial charge in [0, 0.05) is 30.4 Å². The van der Waals surface area contributed by atoms with E-state index in [0.29, 0.717) is 22.7 Å². The Kier molecular flexibility index (Phi) is 6.61. The number of halogens is 4. The van der Waals surface area contributed by atoms with E-state index in [1.165, 1.54) is 19.2 Å². The number of nitrogens with zero attached hydrogens (tertiary/aromatic N) is 1. The van der Waals surface area contributed by atoms with Gasteiger partial charge in [0.15, 0.2) is 0 Å². The van der Waals surface area contributed by atoms with Crippen LogP contribution in [0.25, 0.3) is 10.8 Å². The van der Waals surface area contributed by atoms with Gasteiger partial charge in [-0.25, -0.2) is 4.98 Å². The molecular formula is C25H17ClF3N3O3. The average molecular weight is 500 g/mol. The summed E-state index contributed by atoms with van der Waals surface area (Å²) in [5.74, 6) is 0.413. The molecule has 0 bridgehead atoms. The Morgan fingerprint density at radius 1 is 0.886 bits per heavy atom. The minimum Gasteiger partial charge on any atom is -0.457 e. The molecule has 10 heteroatoms. The molecule has 0 saturated carbocycles. The van der Waals surface area contributed by atoms with Crippen molar-refractivity contribution >= 4 is 45.7 Å². The van der Waals surface area contributed by atoms with Crippen molar-refractivity contribution < 1.29 is 27.5 Å². The second-order valence-corrected chi connectivity index (χ2v) is 7.94. The number of amides is 2. The van der Waals surface area contributed by atoms with E-state index in [0.717, 1.165) is 17.5 Å².